The molecule has 0 bridgehead atoms. The number of fused-ring (bicyclic) bond motifs is 1. The number of nitrogens with one attached hydrogen (secondary N) is 1. The van der Waals surface area contributed by atoms with Crippen molar-refractivity contribution >= 4 is 23.7 Å². The number of carbonyl (C=O) groups excluding carboxylic acids is 2. The van der Waals surface area contributed by atoms with E-state index in [4.69, 9.17) is 23.7 Å². The van der Waals surface area contributed by atoms with Gasteiger partial charge in [0.2, 0.25) is 12.2 Å². The zero-order chi connectivity index (χ0) is 27.3. The maximum absolute atomic E-state index is 12.3. The molecule has 0 saturated carbocycles. The summed E-state index contributed by atoms with van der Waals surface area (Å²) in [5, 5.41) is 12.0. The largest absolute Gasteiger partial charge is 0.480 e. The predicted molar refractivity (Wildman–Crippen MR) is 135 cm³/mol. The van der Waals surface area contributed by atoms with Gasteiger partial charge < -0.3 is 34.1 Å². The Bertz CT molecular complexity index is 1160. The van der Waals surface area contributed by atoms with Crippen LogP contribution in [0.2, 0.25) is 0 Å². The second-order valence-corrected chi connectivity index (χ2v) is 9.48. The number of allylic oxidation sites excluding steroid dienone is 1. The monoisotopic (exact) mass is 525 g/mol. The molecule has 2 aliphatic rings. The molecule has 0 aliphatic carbocycles. The highest BCUT2D eigenvalue weighted by Crippen LogP contribution is 2.34. The van der Waals surface area contributed by atoms with Crippen molar-refractivity contribution in [2.45, 2.75) is 57.2 Å². The average Bonchev–Trinajstić information content (AvgIpc) is 2.88. The molecule has 2 aliphatic heterocycles. The van der Waals surface area contributed by atoms with Crippen molar-refractivity contribution in [3.8, 4) is 5.75 Å². The number of amides is 1. The van der Waals surface area contributed by atoms with Crippen LogP contribution in [-0.2, 0) is 28.5 Å². The topological polar surface area (TPSA) is 130 Å². The molecule has 4 rings (SSSR count). The van der Waals surface area contributed by atoms with Gasteiger partial charge in [0.05, 0.1) is 6.61 Å². The molecule has 0 radical (unpaired) electrons. The third-order valence-electron chi connectivity index (χ3n) is 6.05. The first-order valence-corrected chi connectivity index (χ1v) is 12.2. The smallest absolute Gasteiger partial charge is 0.329 e. The van der Waals surface area contributed by atoms with Gasteiger partial charge in [-0.15, -0.1) is 0 Å². The lowest BCUT2D eigenvalue weighted by Gasteiger charge is -2.50. The van der Waals surface area contributed by atoms with Gasteiger partial charge in [0.1, 0.15) is 36.7 Å². The van der Waals surface area contributed by atoms with Crippen molar-refractivity contribution in [3.05, 3.63) is 71.8 Å². The highest BCUT2D eigenvalue weighted by Gasteiger charge is 2.53. The van der Waals surface area contributed by atoms with Crippen molar-refractivity contribution in [2.75, 3.05) is 13.2 Å². The van der Waals surface area contributed by atoms with Crippen LogP contribution in [0.3, 0.4) is 0 Å². The number of aliphatic carboxylic acids is 1. The Morgan fingerprint density at radius 1 is 1.11 bits per heavy atom. The van der Waals surface area contributed by atoms with E-state index in [9.17, 15) is 19.5 Å². The molecule has 2 aromatic rings. The number of ketones is 1. The van der Waals surface area contributed by atoms with Crippen LogP contribution in [0.5, 0.6) is 5.75 Å². The van der Waals surface area contributed by atoms with Gasteiger partial charge in [-0.25, -0.2) is 4.79 Å². The van der Waals surface area contributed by atoms with Crippen LogP contribution < -0.4 is 10.1 Å². The van der Waals surface area contributed by atoms with Crippen molar-refractivity contribution in [1.82, 2.24) is 5.32 Å². The van der Waals surface area contributed by atoms with Crippen LogP contribution in [0, 0.1) is 0 Å². The van der Waals surface area contributed by atoms with Gasteiger partial charge >= 0.3 is 5.97 Å². The van der Waals surface area contributed by atoms with Gasteiger partial charge in [-0.05, 0) is 37.6 Å². The van der Waals surface area contributed by atoms with Gasteiger partial charge in [-0.2, -0.15) is 0 Å². The summed E-state index contributed by atoms with van der Waals surface area (Å²) in [6.45, 7) is 4.37. The van der Waals surface area contributed by atoms with Gasteiger partial charge in [0.25, 0.3) is 0 Å². The lowest BCUT2D eigenvalue weighted by atomic mass is 9.95. The van der Waals surface area contributed by atoms with E-state index in [1.54, 1.807) is 68.5 Å². The number of carboxylic acids is 1. The normalized spacial score (nSPS) is 26.3. The molecular formula is C28H31NO9. The second kappa shape index (κ2) is 11.9. The van der Waals surface area contributed by atoms with Crippen LogP contribution in [0.25, 0.3) is 6.08 Å². The number of benzene rings is 2. The van der Waals surface area contributed by atoms with Crippen LogP contribution in [0.4, 0.5) is 0 Å². The molecule has 38 heavy (non-hydrogen) atoms. The molecule has 202 valence electrons. The molecule has 2 N–H and O–H groups in total. The van der Waals surface area contributed by atoms with E-state index in [1.807, 2.05) is 6.07 Å². The van der Waals surface area contributed by atoms with E-state index in [0.29, 0.717) is 11.3 Å². The third kappa shape index (κ3) is 7.05. The third-order valence-corrected chi connectivity index (χ3v) is 6.05. The van der Waals surface area contributed by atoms with E-state index in [1.165, 1.54) is 13.0 Å². The molecule has 2 heterocycles. The van der Waals surface area contributed by atoms with Gasteiger partial charge in [0, 0.05) is 12.5 Å². The van der Waals surface area contributed by atoms with Crippen molar-refractivity contribution < 1.29 is 43.2 Å². The lowest BCUT2D eigenvalue weighted by molar-refractivity contribution is -0.364. The molecule has 2 saturated heterocycles. The molecule has 2 aromatic carbocycles. The number of hydrogen-bond acceptors (Lipinski definition) is 8. The van der Waals surface area contributed by atoms with Crippen LogP contribution in [0.15, 0.2) is 60.7 Å². The summed E-state index contributed by atoms with van der Waals surface area (Å²) in [6, 6.07) is 15.1. The highest BCUT2D eigenvalue weighted by atomic mass is 16.8. The van der Waals surface area contributed by atoms with Gasteiger partial charge in [0.15, 0.2) is 11.6 Å². The SMILES string of the molecule is CC(=O)NC1C(Oc2ccc(/C=C/C(=O)c3ccccc3)cc2)OC2COC(C)(C)OC2C1OCC(=O)O. The molecule has 0 aromatic heterocycles. The Kier molecular flexibility index (Phi) is 8.58. The summed E-state index contributed by atoms with van der Waals surface area (Å²) < 4.78 is 29.7. The van der Waals surface area contributed by atoms with Crippen molar-refractivity contribution in [1.29, 1.82) is 0 Å². The fourth-order valence-corrected chi connectivity index (χ4v) is 4.34. The molecular weight excluding hydrogens is 494 g/mol. The number of carbonyl (C=O) groups is 3. The molecule has 10 nitrogen and oxygen atoms in total. The Morgan fingerprint density at radius 3 is 2.47 bits per heavy atom. The summed E-state index contributed by atoms with van der Waals surface area (Å²) in [4.78, 5) is 35.7. The van der Waals surface area contributed by atoms with Gasteiger partial charge in [-0.3, -0.25) is 9.59 Å². The van der Waals surface area contributed by atoms with Crippen molar-refractivity contribution in [2.24, 2.45) is 0 Å². The molecule has 10 heteroatoms. The van der Waals surface area contributed by atoms with E-state index in [-0.39, 0.29) is 18.3 Å². The van der Waals surface area contributed by atoms with E-state index < -0.39 is 49.0 Å². The fourth-order valence-electron chi connectivity index (χ4n) is 4.34. The Hall–Kier alpha value is -3.57. The van der Waals surface area contributed by atoms with E-state index in [2.05, 4.69) is 5.32 Å². The van der Waals surface area contributed by atoms with E-state index in [0.717, 1.165) is 5.56 Å². The minimum Gasteiger partial charge on any atom is -0.480 e. The molecule has 1 amide bonds. The first-order valence-electron chi connectivity index (χ1n) is 12.2. The van der Waals surface area contributed by atoms with Crippen molar-refractivity contribution in [3.63, 3.8) is 0 Å². The van der Waals surface area contributed by atoms with Crippen LogP contribution in [-0.4, -0.2) is 72.4 Å². The number of ether oxygens (including phenoxy) is 5. The number of hydrogen-bond donors (Lipinski definition) is 2. The quantitative estimate of drug-likeness (QED) is 0.375. The first-order chi connectivity index (χ1) is 18.1. The maximum atomic E-state index is 12.3. The summed E-state index contributed by atoms with van der Waals surface area (Å²) in [6.07, 6.45) is -0.0268. The highest BCUT2D eigenvalue weighted by molar-refractivity contribution is 6.06. The fraction of sp³-hybridized carbons (Fsp3) is 0.393. The number of carboxylic acid groups (broad SMARTS) is 1. The zero-order valence-electron chi connectivity index (χ0n) is 21.4. The standard InChI is InChI=1S/C28H31NO9/c1-17(30)29-24-26(34-16-23(32)33)25-22(15-35-28(2,3)38-25)37-27(24)36-20-12-9-18(10-13-20)11-14-21(31)19-7-5-4-6-8-19/h4-14,22,24-27H,15-16H2,1-3H3,(H,29,30)(H,32,33)/b14-11+. The molecule has 2 fully saturated rings. The Morgan fingerprint density at radius 2 is 1.82 bits per heavy atom. The minimum absolute atomic E-state index is 0.110. The average molecular weight is 526 g/mol. The summed E-state index contributed by atoms with van der Waals surface area (Å²) in [7, 11) is 0. The lowest BCUT2D eigenvalue weighted by Crippen LogP contribution is -2.69. The predicted octanol–water partition coefficient (Wildman–Crippen LogP) is 2.81. The van der Waals surface area contributed by atoms with Crippen LogP contribution in [0.1, 0.15) is 36.7 Å². The Balaban J connectivity index is 1.51. The van der Waals surface area contributed by atoms with Gasteiger partial charge in [-0.1, -0.05) is 48.5 Å². The molecule has 5 atom stereocenters. The number of rotatable bonds is 9. The van der Waals surface area contributed by atoms with Crippen LogP contribution >= 0.6 is 0 Å². The molecule has 0 spiro atoms. The summed E-state index contributed by atoms with van der Waals surface area (Å²) in [5.41, 5.74) is 1.38. The summed E-state index contributed by atoms with van der Waals surface area (Å²) >= 11 is 0. The zero-order valence-corrected chi connectivity index (χ0v) is 21.4. The second-order valence-electron chi connectivity index (χ2n) is 9.48. The molecule has 5 unspecified atom stereocenters. The summed E-state index contributed by atoms with van der Waals surface area (Å²) in [5.74, 6) is -2.15. The maximum Gasteiger partial charge on any atom is 0.329 e. The van der Waals surface area contributed by atoms with E-state index >= 15 is 0 Å². The Labute approximate surface area is 220 Å². The first kappa shape index (κ1) is 27.5. The minimum atomic E-state index is -1.16.